The summed E-state index contributed by atoms with van der Waals surface area (Å²) in [5, 5.41) is 21.8. The lowest BCUT2D eigenvalue weighted by Crippen LogP contribution is -2.29. The molecule has 1 aromatic heterocycles. The molecule has 1 unspecified atom stereocenters. The van der Waals surface area contributed by atoms with Crippen LogP contribution in [0.25, 0.3) is 5.76 Å². The standard InChI is InChI=1S/C27H26N2O5/c1-4-13-34-22-8-6-19(15-17(22)3)25(31)23-24(18-9-11-28-12-10-18)29(27(33)26(23)32)20-14-16(2)5-7-21(20)30/h5-12,14-15,24,30-31H,4,13H2,1-3H3/b25-23-. The van der Waals surface area contributed by atoms with Crippen LogP contribution in [0, 0.1) is 13.8 Å². The fourth-order valence-electron chi connectivity index (χ4n) is 4.09. The average Bonchev–Trinajstić information content (AvgIpc) is 3.10. The zero-order valence-corrected chi connectivity index (χ0v) is 19.3. The van der Waals surface area contributed by atoms with Gasteiger partial charge in [-0.05, 0) is 79.4 Å². The third-order valence-corrected chi connectivity index (χ3v) is 5.77. The first-order valence-electron chi connectivity index (χ1n) is 11.1. The summed E-state index contributed by atoms with van der Waals surface area (Å²) in [4.78, 5) is 31.7. The topological polar surface area (TPSA) is 100.0 Å². The number of Topliss-reactive ketones (excluding diaryl/α,β-unsaturated/α-hetero) is 1. The normalized spacial score (nSPS) is 17.3. The van der Waals surface area contributed by atoms with Gasteiger partial charge in [0.15, 0.2) is 0 Å². The zero-order valence-electron chi connectivity index (χ0n) is 19.3. The molecule has 0 aliphatic carbocycles. The highest BCUT2D eigenvalue weighted by Gasteiger charge is 2.47. The molecule has 1 amide bonds. The molecule has 4 rings (SSSR count). The number of benzene rings is 2. The van der Waals surface area contributed by atoms with Crippen LogP contribution in [0.15, 0.2) is 66.5 Å². The molecule has 2 N–H and O–H groups in total. The number of hydrogen-bond donors (Lipinski definition) is 2. The number of ether oxygens (including phenoxy) is 1. The number of anilines is 1. The first kappa shape index (κ1) is 23.0. The van der Waals surface area contributed by atoms with Gasteiger partial charge in [-0.3, -0.25) is 19.5 Å². The molecule has 1 saturated heterocycles. The van der Waals surface area contributed by atoms with E-state index in [0.717, 1.165) is 17.5 Å². The van der Waals surface area contributed by atoms with E-state index in [4.69, 9.17) is 4.74 Å². The van der Waals surface area contributed by atoms with E-state index in [-0.39, 0.29) is 22.8 Å². The smallest absolute Gasteiger partial charge is 0.300 e. The van der Waals surface area contributed by atoms with Crippen molar-refractivity contribution in [3.63, 3.8) is 0 Å². The summed E-state index contributed by atoms with van der Waals surface area (Å²) < 4.78 is 5.71. The van der Waals surface area contributed by atoms with Crippen molar-refractivity contribution in [3.05, 3.63) is 88.8 Å². The summed E-state index contributed by atoms with van der Waals surface area (Å²) in [5.74, 6) is -1.40. The van der Waals surface area contributed by atoms with Crippen LogP contribution in [0.4, 0.5) is 5.69 Å². The number of rotatable bonds is 6. The summed E-state index contributed by atoms with van der Waals surface area (Å²) in [5.41, 5.74) is 2.72. The molecule has 0 spiro atoms. The van der Waals surface area contributed by atoms with Crippen molar-refractivity contribution in [2.75, 3.05) is 11.5 Å². The van der Waals surface area contributed by atoms with Gasteiger partial charge in [0.25, 0.3) is 11.7 Å². The van der Waals surface area contributed by atoms with Crippen molar-refractivity contribution < 1.29 is 24.5 Å². The van der Waals surface area contributed by atoms with Crippen LogP contribution < -0.4 is 9.64 Å². The van der Waals surface area contributed by atoms with Crippen LogP contribution in [-0.2, 0) is 9.59 Å². The molecule has 2 aromatic carbocycles. The van der Waals surface area contributed by atoms with Crippen LogP contribution in [0.5, 0.6) is 11.5 Å². The fraction of sp³-hybridized carbons (Fsp3) is 0.222. The van der Waals surface area contributed by atoms with Gasteiger partial charge in [-0.25, -0.2) is 0 Å². The number of pyridine rings is 1. The largest absolute Gasteiger partial charge is 0.507 e. The van der Waals surface area contributed by atoms with Crippen molar-refractivity contribution in [1.29, 1.82) is 0 Å². The second-order valence-electron chi connectivity index (χ2n) is 8.27. The Bertz CT molecular complexity index is 1280. The minimum Gasteiger partial charge on any atom is -0.507 e. The van der Waals surface area contributed by atoms with E-state index in [1.54, 1.807) is 54.9 Å². The van der Waals surface area contributed by atoms with Gasteiger partial charge in [0.2, 0.25) is 0 Å². The van der Waals surface area contributed by atoms with Crippen molar-refractivity contribution in [2.45, 2.75) is 33.2 Å². The number of amides is 1. The van der Waals surface area contributed by atoms with E-state index >= 15 is 0 Å². The van der Waals surface area contributed by atoms with E-state index in [1.807, 2.05) is 20.8 Å². The molecule has 2 heterocycles. The Morgan fingerprint density at radius 1 is 1.06 bits per heavy atom. The van der Waals surface area contributed by atoms with Crippen LogP contribution in [0.1, 0.15) is 41.6 Å². The number of aliphatic hydroxyl groups excluding tert-OH is 1. The number of carbonyl (C=O) groups is 2. The number of aliphatic hydroxyl groups is 1. The minimum absolute atomic E-state index is 0.0567. The predicted molar refractivity (Wildman–Crippen MR) is 129 cm³/mol. The second-order valence-corrected chi connectivity index (χ2v) is 8.27. The number of nitrogens with zero attached hydrogens (tertiary/aromatic N) is 2. The Hall–Kier alpha value is -4.13. The maximum Gasteiger partial charge on any atom is 0.300 e. The summed E-state index contributed by atoms with van der Waals surface area (Å²) >= 11 is 0. The molecule has 0 saturated carbocycles. The van der Waals surface area contributed by atoms with Crippen molar-refractivity contribution >= 4 is 23.1 Å². The Labute approximate surface area is 198 Å². The highest BCUT2D eigenvalue weighted by atomic mass is 16.5. The van der Waals surface area contributed by atoms with Gasteiger partial charge >= 0.3 is 0 Å². The lowest BCUT2D eigenvalue weighted by molar-refractivity contribution is -0.132. The molecule has 7 heteroatoms. The van der Waals surface area contributed by atoms with Crippen LogP contribution in [0.2, 0.25) is 0 Å². The first-order chi connectivity index (χ1) is 16.3. The molecule has 1 aliphatic heterocycles. The van der Waals surface area contributed by atoms with Crippen molar-refractivity contribution in [1.82, 2.24) is 4.98 Å². The van der Waals surface area contributed by atoms with Gasteiger partial charge in [0.1, 0.15) is 17.3 Å². The molecule has 0 radical (unpaired) electrons. The number of aromatic nitrogens is 1. The van der Waals surface area contributed by atoms with Crippen molar-refractivity contribution in [2.24, 2.45) is 0 Å². The van der Waals surface area contributed by atoms with Crippen LogP contribution in [-0.4, -0.2) is 33.5 Å². The molecule has 34 heavy (non-hydrogen) atoms. The summed E-state index contributed by atoms with van der Waals surface area (Å²) in [6.45, 7) is 6.26. The lowest BCUT2D eigenvalue weighted by Gasteiger charge is -2.26. The molecule has 3 aromatic rings. The Morgan fingerprint density at radius 2 is 1.79 bits per heavy atom. The molecule has 1 atom stereocenters. The fourth-order valence-corrected chi connectivity index (χ4v) is 4.09. The molecule has 1 fully saturated rings. The Morgan fingerprint density at radius 3 is 2.47 bits per heavy atom. The first-order valence-corrected chi connectivity index (χ1v) is 11.1. The van der Waals surface area contributed by atoms with Gasteiger partial charge in [0, 0.05) is 18.0 Å². The van der Waals surface area contributed by atoms with Crippen molar-refractivity contribution in [3.8, 4) is 11.5 Å². The highest BCUT2D eigenvalue weighted by molar-refractivity contribution is 6.51. The predicted octanol–water partition coefficient (Wildman–Crippen LogP) is 4.82. The van der Waals surface area contributed by atoms with Gasteiger partial charge in [0.05, 0.1) is 23.9 Å². The van der Waals surface area contributed by atoms with E-state index in [2.05, 4.69) is 4.98 Å². The number of carbonyl (C=O) groups excluding carboxylic acids is 2. The third-order valence-electron chi connectivity index (χ3n) is 5.77. The van der Waals surface area contributed by atoms with Gasteiger partial charge in [-0.2, -0.15) is 0 Å². The molecule has 7 nitrogen and oxygen atoms in total. The number of aryl methyl sites for hydroxylation is 2. The monoisotopic (exact) mass is 458 g/mol. The molecular formula is C27H26N2O5. The molecule has 1 aliphatic rings. The Balaban J connectivity index is 1.89. The van der Waals surface area contributed by atoms with Gasteiger partial charge < -0.3 is 14.9 Å². The molecular weight excluding hydrogens is 432 g/mol. The maximum absolute atomic E-state index is 13.2. The number of aromatic hydroxyl groups is 1. The maximum atomic E-state index is 13.2. The summed E-state index contributed by atoms with van der Waals surface area (Å²) in [7, 11) is 0. The number of phenolic OH excluding ortho intramolecular Hbond substituents is 1. The van der Waals surface area contributed by atoms with E-state index in [9.17, 15) is 19.8 Å². The number of ketones is 1. The highest BCUT2D eigenvalue weighted by Crippen LogP contribution is 2.45. The summed E-state index contributed by atoms with van der Waals surface area (Å²) in [6, 6.07) is 12.4. The van der Waals surface area contributed by atoms with Gasteiger partial charge in [-0.15, -0.1) is 0 Å². The van der Waals surface area contributed by atoms with E-state index in [1.165, 1.54) is 11.0 Å². The van der Waals surface area contributed by atoms with E-state index < -0.39 is 17.7 Å². The summed E-state index contributed by atoms with van der Waals surface area (Å²) in [6.07, 6.45) is 3.97. The molecule has 0 bridgehead atoms. The minimum atomic E-state index is -0.938. The number of hydrogen-bond acceptors (Lipinski definition) is 6. The third kappa shape index (κ3) is 4.12. The van der Waals surface area contributed by atoms with E-state index in [0.29, 0.717) is 23.5 Å². The number of phenols is 1. The molecule has 174 valence electrons. The lowest BCUT2D eigenvalue weighted by atomic mass is 9.95. The second kappa shape index (κ2) is 9.39. The van der Waals surface area contributed by atoms with Crippen LogP contribution >= 0.6 is 0 Å². The van der Waals surface area contributed by atoms with Gasteiger partial charge in [-0.1, -0.05) is 13.0 Å². The zero-order chi connectivity index (χ0) is 24.4. The average molecular weight is 459 g/mol. The SMILES string of the molecule is CCCOc1ccc(/C(O)=C2/C(=O)C(=O)N(c3cc(C)ccc3O)C2c2ccncc2)cc1C. The van der Waals surface area contributed by atoms with Crippen LogP contribution in [0.3, 0.4) is 0 Å². The quantitative estimate of drug-likeness (QED) is 0.312. The Kier molecular flexibility index (Phi) is 6.36.